The van der Waals surface area contributed by atoms with E-state index in [0.717, 1.165) is 6.42 Å². The number of anilines is 1. The molecule has 18 heavy (non-hydrogen) atoms. The zero-order valence-corrected chi connectivity index (χ0v) is 9.81. The number of alkyl halides is 3. The molecule has 2 heterocycles. The molecule has 1 aromatic rings. The summed E-state index contributed by atoms with van der Waals surface area (Å²) in [6.07, 6.45) is 2.66. The first kappa shape index (κ1) is 12.9. The summed E-state index contributed by atoms with van der Waals surface area (Å²) in [6, 6.07) is 1.61. The highest BCUT2D eigenvalue weighted by Gasteiger charge is 2.49. The van der Waals surface area contributed by atoms with Crippen LogP contribution in [0.15, 0.2) is 12.3 Å². The van der Waals surface area contributed by atoms with Crippen LogP contribution in [0.2, 0.25) is 0 Å². The SMILES string of the molecule is O=S(=O)(Oc1nccc2c1NCCC2)C(F)(F)F. The van der Waals surface area contributed by atoms with Crippen molar-refractivity contribution >= 4 is 15.8 Å². The Morgan fingerprint density at radius 2 is 2.11 bits per heavy atom. The van der Waals surface area contributed by atoms with Crippen LogP contribution in [0.3, 0.4) is 0 Å². The molecule has 0 saturated heterocycles. The van der Waals surface area contributed by atoms with Crippen molar-refractivity contribution in [2.24, 2.45) is 0 Å². The van der Waals surface area contributed by atoms with Crippen molar-refractivity contribution in [2.75, 3.05) is 11.9 Å². The van der Waals surface area contributed by atoms with E-state index < -0.39 is 21.5 Å². The minimum atomic E-state index is -5.69. The lowest BCUT2D eigenvalue weighted by Crippen LogP contribution is -2.29. The molecule has 0 aliphatic carbocycles. The zero-order chi connectivity index (χ0) is 13.4. The molecule has 0 bridgehead atoms. The van der Waals surface area contributed by atoms with Gasteiger partial charge in [0.2, 0.25) is 0 Å². The van der Waals surface area contributed by atoms with Gasteiger partial charge in [0.25, 0.3) is 5.88 Å². The van der Waals surface area contributed by atoms with E-state index in [1.165, 1.54) is 6.20 Å². The fourth-order valence-corrected chi connectivity index (χ4v) is 2.01. The van der Waals surface area contributed by atoms with Crippen LogP contribution >= 0.6 is 0 Å². The average molecular weight is 282 g/mol. The lowest BCUT2D eigenvalue weighted by molar-refractivity contribution is -0.0501. The van der Waals surface area contributed by atoms with Gasteiger partial charge in [-0.15, -0.1) is 0 Å². The summed E-state index contributed by atoms with van der Waals surface area (Å²) in [5, 5.41) is 2.79. The van der Waals surface area contributed by atoms with Crippen molar-refractivity contribution in [2.45, 2.75) is 18.3 Å². The van der Waals surface area contributed by atoms with Gasteiger partial charge in [0.05, 0.1) is 0 Å². The molecular weight excluding hydrogens is 273 g/mol. The van der Waals surface area contributed by atoms with Crippen LogP contribution < -0.4 is 9.50 Å². The third-order valence-corrected chi connectivity index (χ3v) is 3.34. The summed E-state index contributed by atoms with van der Waals surface area (Å²) in [5.74, 6) is -0.565. The van der Waals surface area contributed by atoms with E-state index in [-0.39, 0.29) is 5.69 Å². The molecule has 5 nitrogen and oxygen atoms in total. The first-order valence-corrected chi connectivity index (χ1v) is 6.44. The van der Waals surface area contributed by atoms with Crippen LogP contribution in [0.5, 0.6) is 5.88 Å². The molecule has 0 fully saturated rings. The number of aryl methyl sites for hydroxylation is 1. The minimum absolute atomic E-state index is 0.205. The van der Waals surface area contributed by atoms with E-state index in [4.69, 9.17) is 0 Å². The zero-order valence-electron chi connectivity index (χ0n) is 8.99. The molecule has 1 aliphatic heterocycles. The summed E-state index contributed by atoms with van der Waals surface area (Å²) < 4.78 is 62.4. The molecule has 1 aliphatic rings. The van der Waals surface area contributed by atoms with Gasteiger partial charge in [0.15, 0.2) is 0 Å². The number of halogens is 3. The molecule has 1 N–H and O–H groups in total. The molecule has 0 amide bonds. The van der Waals surface area contributed by atoms with Gasteiger partial charge in [-0.2, -0.15) is 21.6 Å². The molecule has 0 atom stereocenters. The molecule has 0 saturated carbocycles. The maximum atomic E-state index is 12.2. The predicted octanol–water partition coefficient (Wildman–Crippen LogP) is 1.67. The molecule has 0 aromatic carbocycles. The number of rotatable bonds is 2. The van der Waals surface area contributed by atoms with E-state index in [1.54, 1.807) is 6.07 Å². The van der Waals surface area contributed by atoms with Gasteiger partial charge in [-0.25, -0.2) is 4.98 Å². The number of nitrogens with zero attached hydrogens (tertiary/aromatic N) is 1. The molecule has 9 heteroatoms. The van der Waals surface area contributed by atoms with Gasteiger partial charge < -0.3 is 9.50 Å². The van der Waals surface area contributed by atoms with Gasteiger partial charge in [0, 0.05) is 12.7 Å². The van der Waals surface area contributed by atoms with Crippen LogP contribution in [0.1, 0.15) is 12.0 Å². The van der Waals surface area contributed by atoms with Crippen LogP contribution in [0.4, 0.5) is 18.9 Å². The van der Waals surface area contributed by atoms with Gasteiger partial charge in [0.1, 0.15) is 5.69 Å². The second kappa shape index (κ2) is 4.30. The van der Waals surface area contributed by atoms with Gasteiger partial charge in [-0.05, 0) is 24.5 Å². The van der Waals surface area contributed by atoms with E-state index in [1.807, 2.05) is 0 Å². The Kier molecular flexibility index (Phi) is 3.09. The average Bonchev–Trinajstić information content (AvgIpc) is 2.27. The van der Waals surface area contributed by atoms with E-state index in [2.05, 4.69) is 14.5 Å². The molecule has 1 aromatic heterocycles. The molecule has 0 radical (unpaired) electrons. The Morgan fingerprint density at radius 3 is 2.78 bits per heavy atom. The summed E-state index contributed by atoms with van der Waals surface area (Å²) >= 11 is 0. The van der Waals surface area contributed by atoms with Crippen LogP contribution in [-0.2, 0) is 16.5 Å². The number of hydrogen-bond donors (Lipinski definition) is 1. The van der Waals surface area contributed by atoms with Crippen LogP contribution in [0.25, 0.3) is 0 Å². The van der Waals surface area contributed by atoms with Gasteiger partial charge in [-0.1, -0.05) is 0 Å². The lowest BCUT2D eigenvalue weighted by Gasteiger charge is -2.20. The van der Waals surface area contributed by atoms with Crippen molar-refractivity contribution < 1.29 is 25.8 Å². The van der Waals surface area contributed by atoms with Crippen LogP contribution in [-0.4, -0.2) is 25.5 Å². The molecular formula is C9H9F3N2O3S. The number of nitrogens with one attached hydrogen (secondary N) is 1. The smallest absolute Gasteiger partial charge is 0.380 e. The lowest BCUT2D eigenvalue weighted by atomic mass is 10.1. The third kappa shape index (κ3) is 2.35. The fraction of sp³-hybridized carbons (Fsp3) is 0.444. The quantitative estimate of drug-likeness (QED) is 0.660. The number of fused-ring (bicyclic) bond motifs is 1. The van der Waals surface area contributed by atoms with Gasteiger partial charge >= 0.3 is 15.6 Å². The highest BCUT2D eigenvalue weighted by molar-refractivity contribution is 7.88. The Bertz CT molecular complexity index is 557. The standard InChI is InChI=1S/C9H9F3N2O3S/c10-9(11,12)18(15,16)17-8-7-6(3-5-14-8)2-1-4-13-7/h3,5,13H,1-2,4H2. The first-order valence-electron chi connectivity index (χ1n) is 5.04. The highest BCUT2D eigenvalue weighted by atomic mass is 32.2. The van der Waals surface area contributed by atoms with Crippen molar-refractivity contribution in [3.8, 4) is 5.88 Å². The van der Waals surface area contributed by atoms with Crippen molar-refractivity contribution in [3.05, 3.63) is 17.8 Å². The Balaban J connectivity index is 2.36. The Labute approximate surface area is 101 Å². The maximum absolute atomic E-state index is 12.2. The molecule has 100 valence electrons. The normalized spacial score (nSPS) is 15.7. The van der Waals surface area contributed by atoms with E-state index in [0.29, 0.717) is 18.5 Å². The molecule has 0 unspecified atom stereocenters. The number of pyridine rings is 1. The molecule has 2 rings (SSSR count). The summed E-state index contributed by atoms with van der Waals surface area (Å²) in [4.78, 5) is 3.53. The second-order valence-corrected chi connectivity index (χ2v) is 5.20. The number of aromatic nitrogens is 1. The molecule has 0 spiro atoms. The fourth-order valence-electron chi connectivity index (χ4n) is 1.58. The van der Waals surface area contributed by atoms with Crippen molar-refractivity contribution in [1.82, 2.24) is 4.98 Å². The second-order valence-electron chi connectivity index (χ2n) is 3.66. The maximum Gasteiger partial charge on any atom is 0.534 e. The largest absolute Gasteiger partial charge is 0.534 e. The third-order valence-electron chi connectivity index (χ3n) is 2.40. The summed E-state index contributed by atoms with van der Waals surface area (Å²) in [7, 11) is -5.69. The highest BCUT2D eigenvalue weighted by Crippen LogP contribution is 2.33. The minimum Gasteiger partial charge on any atom is -0.380 e. The van der Waals surface area contributed by atoms with Gasteiger partial charge in [-0.3, -0.25) is 0 Å². The topological polar surface area (TPSA) is 68.3 Å². The van der Waals surface area contributed by atoms with Crippen molar-refractivity contribution in [1.29, 1.82) is 0 Å². The van der Waals surface area contributed by atoms with E-state index >= 15 is 0 Å². The van der Waals surface area contributed by atoms with Crippen molar-refractivity contribution in [3.63, 3.8) is 0 Å². The van der Waals surface area contributed by atoms with E-state index in [9.17, 15) is 21.6 Å². The first-order chi connectivity index (χ1) is 8.31. The Morgan fingerprint density at radius 1 is 1.39 bits per heavy atom. The predicted molar refractivity (Wildman–Crippen MR) is 56.7 cm³/mol. The monoisotopic (exact) mass is 282 g/mol. The summed E-state index contributed by atoms with van der Waals surface area (Å²) in [5.41, 5.74) is -4.58. The van der Waals surface area contributed by atoms with Crippen LogP contribution in [0, 0.1) is 0 Å². The Hall–Kier alpha value is -1.51. The summed E-state index contributed by atoms with van der Waals surface area (Å²) in [6.45, 7) is 0.529. The number of hydrogen-bond acceptors (Lipinski definition) is 5.